The van der Waals surface area contributed by atoms with Crippen LogP contribution in [0.1, 0.15) is 17.9 Å². The molecule has 4 rings (SSSR count). The highest BCUT2D eigenvalue weighted by molar-refractivity contribution is 5.70. The number of halogens is 1. The first-order valence-electron chi connectivity index (χ1n) is 10.4. The summed E-state index contributed by atoms with van der Waals surface area (Å²) in [6.07, 6.45) is 0.291. The van der Waals surface area contributed by atoms with Gasteiger partial charge in [0.15, 0.2) is 0 Å². The minimum absolute atomic E-state index is 0.0416. The molecule has 1 unspecified atom stereocenters. The van der Waals surface area contributed by atoms with Gasteiger partial charge in [0.25, 0.3) is 0 Å². The maximum atomic E-state index is 13.0. The van der Waals surface area contributed by atoms with E-state index in [0.717, 1.165) is 5.56 Å². The SMILES string of the molecule is NC(CC(=O)OCc1ccccc1)Cc1nnc(-c2ccc(Oc3ccc(F)cc3)cc2)o1. The zero-order valence-corrected chi connectivity index (χ0v) is 17.7. The zero-order valence-electron chi connectivity index (χ0n) is 17.7. The van der Waals surface area contributed by atoms with E-state index in [1.165, 1.54) is 12.1 Å². The Hall–Kier alpha value is -4.04. The second-order valence-electron chi connectivity index (χ2n) is 7.40. The van der Waals surface area contributed by atoms with Crippen LogP contribution in [0.3, 0.4) is 0 Å². The lowest BCUT2D eigenvalue weighted by molar-refractivity contribution is -0.145. The van der Waals surface area contributed by atoms with Crippen LogP contribution in [-0.2, 0) is 22.6 Å². The van der Waals surface area contributed by atoms with Crippen LogP contribution in [-0.4, -0.2) is 22.2 Å². The zero-order chi connectivity index (χ0) is 23.0. The maximum absolute atomic E-state index is 13.0. The molecular formula is C25H22FN3O4. The molecule has 0 bridgehead atoms. The first kappa shape index (κ1) is 22.2. The Bertz CT molecular complexity index is 1180. The molecule has 2 N–H and O–H groups in total. The molecule has 4 aromatic rings. The molecule has 0 saturated heterocycles. The largest absolute Gasteiger partial charge is 0.461 e. The van der Waals surface area contributed by atoms with Crippen LogP contribution >= 0.6 is 0 Å². The van der Waals surface area contributed by atoms with Crippen molar-refractivity contribution >= 4 is 5.97 Å². The van der Waals surface area contributed by atoms with E-state index in [9.17, 15) is 9.18 Å². The summed E-state index contributed by atoms with van der Waals surface area (Å²) in [6.45, 7) is 0.206. The molecule has 0 aliphatic heterocycles. The lowest BCUT2D eigenvalue weighted by Gasteiger charge is -2.09. The number of nitrogens with two attached hydrogens (primary N) is 1. The van der Waals surface area contributed by atoms with Crippen molar-refractivity contribution in [1.29, 1.82) is 0 Å². The van der Waals surface area contributed by atoms with Gasteiger partial charge < -0.3 is 19.6 Å². The summed E-state index contributed by atoms with van der Waals surface area (Å²) in [5.41, 5.74) is 7.67. The molecule has 0 aliphatic carbocycles. The number of benzene rings is 3. The average molecular weight is 447 g/mol. The fourth-order valence-electron chi connectivity index (χ4n) is 3.06. The summed E-state index contributed by atoms with van der Waals surface area (Å²) < 4.78 is 29.6. The van der Waals surface area contributed by atoms with Crippen molar-refractivity contribution in [1.82, 2.24) is 10.2 Å². The van der Waals surface area contributed by atoms with Gasteiger partial charge in [-0.1, -0.05) is 30.3 Å². The topological polar surface area (TPSA) is 100 Å². The Kier molecular flexibility index (Phi) is 7.06. The number of hydrogen-bond acceptors (Lipinski definition) is 7. The summed E-state index contributed by atoms with van der Waals surface area (Å²) in [4.78, 5) is 12.0. The van der Waals surface area contributed by atoms with E-state index in [-0.39, 0.29) is 31.2 Å². The highest BCUT2D eigenvalue weighted by Gasteiger charge is 2.16. The number of rotatable bonds is 9. The minimum atomic E-state index is -0.506. The number of esters is 1. The van der Waals surface area contributed by atoms with Crippen molar-refractivity contribution in [2.24, 2.45) is 5.73 Å². The van der Waals surface area contributed by atoms with Gasteiger partial charge >= 0.3 is 5.97 Å². The molecule has 1 aromatic heterocycles. The number of carbonyl (C=O) groups is 1. The fraction of sp³-hybridized carbons (Fsp3) is 0.160. The van der Waals surface area contributed by atoms with Crippen LogP contribution in [0.2, 0.25) is 0 Å². The van der Waals surface area contributed by atoms with Crippen LogP contribution < -0.4 is 10.5 Å². The van der Waals surface area contributed by atoms with Gasteiger partial charge in [-0.2, -0.15) is 0 Å². The van der Waals surface area contributed by atoms with E-state index in [2.05, 4.69) is 10.2 Å². The summed E-state index contributed by atoms with van der Waals surface area (Å²) in [6, 6.07) is 21.7. The molecule has 3 aromatic carbocycles. The number of carbonyl (C=O) groups excluding carboxylic acids is 1. The second kappa shape index (κ2) is 10.5. The summed E-state index contributed by atoms with van der Waals surface area (Å²) in [7, 11) is 0. The van der Waals surface area contributed by atoms with Gasteiger partial charge in [0.05, 0.1) is 6.42 Å². The van der Waals surface area contributed by atoms with Crippen LogP contribution in [0.4, 0.5) is 4.39 Å². The van der Waals surface area contributed by atoms with E-state index < -0.39 is 6.04 Å². The molecule has 0 amide bonds. The van der Waals surface area contributed by atoms with Crippen molar-refractivity contribution in [3.63, 3.8) is 0 Å². The van der Waals surface area contributed by atoms with Crippen LogP contribution in [0.25, 0.3) is 11.5 Å². The first-order valence-corrected chi connectivity index (χ1v) is 10.4. The van der Waals surface area contributed by atoms with Gasteiger partial charge in [-0.3, -0.25) is 4.79 Å². The Labute approximate surface area is 190 Å². The molecular weight excluding hydrogens is 425 g/mol. The van der Waals surface area contributed by atoms with Crippen LogP contribution in [0.15, 0.2) is 83.3 Å². The van der Waals surface area contributed by atoms with Gasteiger partial charge in [0.1, 0.15) is 23.9 Å². The first-order chi connectivity index (χ1) is 16.0. The Morgan fingerprint density at radius 2 is 1.61 bits per heavy atom. The molecule has 7 nitrogen and oxygen atoms in total. The lowest BCUT2D eigenvalue weighted by atomic mass is 10.1. The van der Waals surface area contributed by atoms with Crippen molar-refractivity contribution in [3.8, 4) is 23.0 Å². The molecule has 168 valence electrons. The molecule has 0 fully saturated rings. The predicted molar refractivity (Wildman–Crippen MR) is 119 cm³/mol. The number of nitrogens with zero attached hydrogens (tertiary/aromatic N) is 2. The molecule has 0 saturated carbocycles. The summed E-state index contributed by atoms with van der Waals surface area (Å²) in [5.74, 6) is 1.07. The smallest absolute Gasteiger partial charge is 0.307 e. The standard InChI is InChI=1S/C25H22FN3O4/c26-19-8-12-22(13-9-19)32-21-10-6-18(7-11-21)25-29-28-23(33-25)14-20(27)15-24(30)31-16-17-4-2-1-3-5-17/h1-13,20H,14-16,27H2. The van der Waals surface area contributed by atoms with Gasteiger partial charge in [-0.05, 0) is 54.1 Å². The third-order valence-corrected chi connectivity index (χ3v) is 4.73. The second-order valence-corrected chi connectivity index (χ2v) is 7.40. The van der Waals surface area contributed by atoms with Crippen molar-refractivity contribution in [2.75, 3.05) is 0 Å². The van der Waals surface area contributed by atoms with Gasteiger partial charge in [-0.25, -0.2) is 4.39 Å². The fourth-order valence-corrected chi connectivity index (χ4v) is 3.06. The van der Waals surface area contributed by atoms with Crippen molar-refractivity contribution in [2.45, 2.75) is 25.5 Å². The number of aromatic nitrogens is 2. The van der Waals surface area contributed by atoms with E-state index in [0.29, 0.717) is 28.8 Å². The van der Waals surface area contributed by atoms with E-state index in [1.54, 1.807) is 36.4 Å². The van der Waals surface area contributed by atoms with Crippen molar-refractivity contribution < 1.29 is 23.1 Å². The molecule has 1 heterocycles. The van der Waals surface area contributed by atoms with Gasteiger partial charge in [0.2, 0.25) is 11.8 Å². The molecule has 1 atom stereocenters. The van der Waals surface area contributed by atoms with E-state index in [1.807, 2.05) is 30.3 Å². The maximum Gasteiger partial charge on any atom is 0.307 e. The molecule has 33 heavy (non-hydrogen) atoms. The summed E-state index contributed by atoms with van der Waals surface area (Å²) in [5, 5.41) is 8.06. The quantitative estimate of drug-likeness (QED) is 0.372. The van der Waals surface area contributed by atoms with Crippen LogP contribution in [0, 0.1) is 5.82 Å². The number of ether oxygens (including phenoxy) is 2. The highest BCUT2D eigenvalue weighted by atomic mass is 19.1. The minimum Gasteiger partial charge on any atom is -0.461 e. The van der Waals surface area contributed by atoms with E-state index in [4.69, 9.17) is 19.6 Å². The van der Waals surface area contributed by atoms with Gasteiger partial charge in [0, 0.05) is 18.0 Å². The molecule has 0 aliphatic rings. The Balaban J connectivity index is 1.28. The third kappa shape index (κ3) is 6.47. The molecule has 0 radical (unpaired) electrons. The predicted octanol–water partition coefficient (Wildman–Crippen LogP) is 4.67. The monoisotopic (exact) mass is 447 g/mol. The highest BCUT2D eigenvalue weighted by Crippen LogP contribution is 2.25. The average Bonchev–Trinajstić information content (AvgIpc) is 3.28. The van der Waals surface area contributed by atoms with Crippen molar-refractivity contribution in [3.05, 3.63) is 96.1 Å². The van der Waals surface area contributed by atoms with Crippen LogP contribution in [0.5, 0.6) is 11.5 Å². The third-order valence-electron chi connectivity index (χ3n) is 4.73. The lowest BCUT2D eigenvalue weighted by Crippen LogP contribution is -2.27. The summed E-state index contributed by atoms with van der Waals surface area (Å²) >= 11 is 0. The van der Waals surface area contributed by atoms with E-state index >= 15 is 0 Å². The van der Waals surface area contributed by atoms with Gasteiger partial charge in [-0.15, -0.1) is 10.2 Å². The Morgan fingerprint density at radius 3 is 2.30 bits per heavy atom. The number of hydrogen-bond donors (Lipinski definition) is 1. The Morgan fingerprint density at radius 1 is 0.939 bits per heavy atom. The molecule has 8 heteroatoms. The normalized spacial score (nSPS) is 11.7. The molecule has 0 spiro atoms.